The normalized spacial score (nSPS) is 11.1. The summed E-state index contributed by atoms with van der Waals surface area (Å²) in [4.78, 5) is 20.0. The Morgan fingerprint density at radius 1 is 1.28 bits per heavy atom. The van der Waals surface area contributed by atoms with Crippen LogP contribution in [0.25, 0.3) is 0 Å². The van der Waals surface area contributed by atoms with Crippen molar-refractivity contribution in [1.82, 2.24) is 0 Å². The molecular formula is C12H24O6. The summed E-state index contributed by atoms with van der Waals surface area (Å²) < 4.78 is 14.4. The highest BCUT2D eigenvalue weighted by molar-refractivity contribution is 5.66. The highest BCUT2D eigenvalue weighted by Gasteiger charge is 1.99. The number of carbonyl (C=O) groups excluding carboxylic acids is 1. The summed E-state index contributed by atoms with van der Waals surface area (Å²) in [6, 6.07) is 0. The molecule has 0 fully saturated rings. The van der Waals surface area contributed by atoms with Crippen molar-refractivity contribution in [2.75, 3.05) is 26.9 Å². The van der Waals surface area contributed by atoms with Gasteiger partial charge in [0.1, 0.15) is 0 Å². The van der Waals surface area contributed by atoms with Crippen molar-refractivity contribution in [2.24, 2.45) is 0 Å². The zero-order valence-electron chi connectivity index (χ0n) is 11.6. The number of esters is 1. The molecule has 0 heterocycles. The van der Waals surface area contributed by atoms with Crippen molar-refractivity contribution in [3.05, 3.63) is 0 Å². The Morgan fingerprint density at radius 3 is 2.28 bits per heavy atom. The van der Waals surface area contributed by atoms with Crippen molar-refractivity contribution in [3.8, 4) is 0 Å². The number of ether oxygens (including phenoxy) is 3. The van der Waals surface area contributed by atoms with E-state index in [0.717, 1.165) is 6.42 Å². The number of carboxylic acids is 1. The molecule has 1 N–H and O–H groups in total. The van der Waals surface area contributed by atoms with Crippen LogP contribution in [0.3, 0.4) is 0 Å². The zero-order chi connectivity index (χ0) is 14.4. The average molecular weight is 264 g/mol. The first kappa shape index (κ1) is 19.2. The average Bonchev–Trinajstić information content (AvgIpc) is 2.29. The highest BCUT2D eigenvalue weighted by Crippen LogP contribution is 1.94. The molecule has 6 nitrogen and oxygen atoms in total. The number of carbonyl (C=O) groups is 2. The second kappa shape index (κ2) is 13.9. The quantitative estimate of drug-likeness (QED) is 0.528. The lowest BCUT2D eigenvalue weighted by Crippen LogP contribution is -2.10. The maximum absolute atomic E-state index is 10.3. The van der Waals surface area contributed by atoms with E-state index >= 15 is 0 Å². The lowest BCUT2D eigenvalue weighted by atomic mass is 10.3. The van der Waals surface area contributed by atoms with Crippen molar-refractivity contribution in [1.29, 1.82) is 0 Å². The van der Waals surface area contributed by atoms with Crippen LogP contribution in [0.1, 0.15) is 33.6 Å². The van der Waals surface area contributed by atoms with E-state index in [-0.39, 0.29) is 18.5 Å². The molecule has 18 heavy (non-hydrogen) atoms. The summed E-state index contributed by atoms with van der Waals surface area (Å²) in [6.45, 7) is 6.53. The van der Waals surface area contributed by atoms with Gasteiger partial charge in [0.25, 0.3) is 0 Å². The van der Waals surface area contributed by atoms with Crippen LogP contribution in [0.15, 0.2) is 0 Å². The van der Waals surface area contributed by atoms with Gasteiger partial charge in [0.05, 0.1) is 25.7 Å². The Bertz CT molecular complexity index is 217. The second-order valence-electron chi connectivity index (χ2n) is 3.52. The number of carboxylic acid groups (broad SMARTS) is 1. The van der Waals surface area contributed by atoms with Gasteiger partial charge in [-0.3, -0.25) is 9.59 Å². The third-order valence-electron chi connectivity index (χ3n) is 1.90. The Balaban J connectivity index is 0. The van der Waals surface area contributed by atoms with Crippen LogP contribution in [0.2, 0.25) is 0 Å². The van der Waals surface area contributed by atoms with Crippen molar-refractivity contribution >= 4 is 11.9 Å². The van der Waals surface area contributed by atoms with Gasteiger partial charge in [0.15, 0.2) is 0 Å². The lowest BCUT2D eigenvalue weighted by Gasteiger charge is -2.07. The minimum atomic E-state index is -0.807. The van der Waals surface area contributed by atoms with Gasteiger partial charge in [-0.1, -0.05) is 0 Å². The topological polar surface area (TPSA) is 82.1 Å². The Morgan fingerprint density at radius 2 is 1.89 bits per heavy atom. The maximum atomic E-state index is 10.3. The molecule has 0 aliphatic carbocycles. The minimum absolute atomic E-state index is 0.105. The number of methoxy groups -OCH3 is 1. The summed E-state index contributed by atoms with van der Waals surface area (Å²) in [6.07, 6.45) is 1.03. The van der Waals surface area contributed by atoms with E-state index in [4.69, 9.17) is 19.3 Å². The van der Waals surface area contributed by atoms with Crippen LogP contribution in [0.4, 0.5) is 0 Å². The third kappa shape index (κ3) is 20.3. The molecule has 6 heteroatoms. The molecule has 0 aromatic rings. The molecule has 0 spiro atoms. The van der Waals surface area contributed by atoms with Crippen LogP contribution in [-0.4, -0.2) is 50.1 Å². The van der Waals surface area contributed by atoms with Gasteiger partial charge in [-0.15, -0.1) is 0 Å². The third-order valence-corrected chi connectivity index (χ3v) is 1.90. The Hall–Kier alpha value is -1.14. The Labute approximate surface area is 108 Å². The molecule has 0 aliphatic heterocycles. The summed E-state index contributed by atoms with van der Waals surface area (Å²) >= 11 is 0. The summed E-state index contributed by atoms with van der Waals surface area (Å²) in [7, 11) is 1.64. The number of hydrogen-bond acceptors (Lipinski definition) is 5. The second-order valence-corrected chi connectivity index (χ2v) is 3.52. The fourth-order valence-electron chi connectivity index (χ4n) is 0.790. The van der Waals surface area contributed by atoms with Gasteiger partial charge >= 0.3 is 11.9 Å². The molecule has 0 bridgehead atoms. The van der Waals surface area contributed by atoms with E-state index in [1.54, 1.807) is 7.11 Å². The summed E-state index contributed by atoms with van der Waals surface area (Å²) in [5, 5.41) is 8.06. The predicted molar refractivity (Wildman–Crippen MR) is 66.5 cm³/mol. The fraction of sp³-hybridized carbons (Fsp3) is 0.833. The van der Waals surface area contributed by atoms with Crippen LogP contribution in [-0.2, 0) is 23.8 Å². The van der Waals surface area contributed by atoms with Gasteiger partial charge in [-0.25, -0.2) is 0 Å². The summed E-state index contributed by atoms with van der Waals surface area (Å²) in [5.74, 6) is -1.04. The molecule has 1 unspecified atom stereocenters. The zero-order valence-corrected chi connectivity index (χ0v) is 11.6. The molecule has 1 atom stereocenters. The molecule has 0 saturated heterocycles. The first-order valence-electron chi connectivity index (χ1n) is 5.89. The molecule has 0 radical (unpaired) electrons. The summed E-state index contributed by atoms with van der Waals surface area (Å²) in [5.41, 5.74) is 0. The van der Waals surface area contributed by atoms with Crippen LogP contribution in [0.5, 0.6) is 0 Å². The van der Waals surface area contributed by atoms with E-state index in [9.17, 15) is 9.59 Å². The van der Waals surface area contributed by atoms with Gasteiger partial charge in [-0.05, 0) is 13.8 Å². The van der Waals surface area contributed by atoms with Crippen molar-refractivity contribution in [3.63, 3.8) is 0 Å². The van der Waals surface area contributed by atoms with Gasteiger partial charge in [-0.2, -0.15) is 0 Å². The number of hydrogen-bond donors (Lipinski definition) is 1. The molecule has 108 valence electrons. The number of aliphatic carboxylic acids is 1. The molecule has 0 rings (SSSR count). The van der Waals surface area contributed by atoms with Crippen molar-refractivity contribution < 1.29 is 28.9 Å². The molecule has 0 aromatic carbocycles. The van der Waals surface area contributed by atoms with Gasteiger partial charge < -0.3 is 19.3 Å². The van der Waals surface area contributed by atoms with E-state index in [2.05, 4.69) is 0 Å². The van der Waals surface area contributed by atoms with Crippen LogP contribution < -0.4 is 0 Å². The SMILES string of the molecule is CCOCCC(=O)O.COC(C)CCOC(C)=O. The van der Waals surface area contributed by atoms with Gasteiger partial charge in [0, 0.05) is 27.1 Å². The van der Waals surface area contributed by atoms with Crippen molar-refractivity contribution in [2.45, 2.75) is 39.7 Å². The van der Waals surface area contributed by atoms with E-state index < -0.39 is 5.97 Å². The minimum Gasteiger partial charge on any atom is -0.481 e. The molecule has 0 aliphatic rings. The smallest absolute Gasteiger partial charge is 0.305 e. The molecule has 0 aromatic heterocycles. The predicted octanol–water partition coefficient (Wildman–Crippen LogP) is 1.47. The highest BCUT2D eigenvalue weighted by atomic mass is 16.5. The molecule has 0 amide bonds. The van der Waals surface area contributed by atoms with E-state index in [1.165, 1.54) is 6.92 Å². The van der Waals surface area contributed by atoms with Gasteiger partial charge in [0.2, 0.25) is 0 Å². The molecular weight excluding hydrogens is 240 g/mol. The lowest BCUT2D eigenvalue weighted by molar-refractivity contribution is -0.141. The van der Waals surface area contributed by atoms with E-state index in [0.29, 0.717) is 19.8 Å². The first-order chi connectivity index (χ1) is 8.43. The fourth-order valence-corrected chi connectivity index (χ4v) is 0.790. The molecule has 0 saturated carbocycles. The first-order valence-corrected chi connectivity index (χ1v) is 5.89. The van der Waals surface area contributed by atoms with E-state index in [1.807, 2.05) is 13.8 Å². The van der Waals surface area contributed by atoms with Crippen LogP contribution >= 0.6 is 0 Å². The largest absolute Gasteiger partial charge is 0.481 e. The monoisotopic (exact) mass is 264 g/mol. The number of rotatable bonds is 8. The van der Waals surface area contributed by atoms with Crippen LogP contribution in [0, 0.1) is 0 Å². The maximum Gasteiger partial charge on any atom is 0.305 e. The standard InChI is InChI=1S/C7H14O3.C5H10O3/c1-6(9-3)4-5-10-7(2)8;1-2-8-4-3-5(6)7/h6H,4-5H2,1-3H3;2-4H2,1H3,(H,6,7). The Kier molecular flexibility index (Phi) is 14.9.